The summed E-state index contributed by atoms with van der Waals surface area (Å²) >= 11 is 0. The highest BCUT2D eigenvalue weighted by molar-refractivity contribution is 5.91. The predicted molar refractivity (Wildman–Crippen MR) is 105 cm³/mol. The van der Waals surface area contributed by atoms with Gasteiger partial charge in [-0.15, -0.1) is 12.4 Å². The predicted octanol–water partition coefficient (Wildman–Crippen LogP) is 3.45. The van der Waals surface area contributed by atoms with Gasteiger partial charge in [0.05, 0.1) is 6.54 Å². The van der Waals surface area contributed by atoms with Crippen molar-refractivity contribution in [3.8, 4) is 0 Å². The Morgan fingerprint density at radius 2 is 1.88 bits per heavy atom. The van der Waals surface area contributed by atoms with Crippen LogP contribution < -0.4 is 11.1 Å². The molecule has 0 radical (unpaired) electrons. The summed E-state index contributed by atoms with van der Waals surface area (Å²) < 4.78 is 1.99. The van der Waals surface area contributed by atoms with Crippen LogP contribution >= 0.6 is 12.4 Å². The van der Waals surface area contributed by atoms with Gasteiger partial charge in [-0.1, -0.05) is 36.8 Å². The minimum absolute atomic E-state index is 0. The molecule has 3 N–H and O–H groups in total. The first-order valence-electron chi connectivity index (χ1n) is 9.32. The number of anilines is 1. The molecule has 2 aliphatic rings. The van der Waals surface area contributed by atoms with Gasteiger partial charge in [-0.05, 0) is 43.1 Å². The molecular formula is C20H27ClN4O. The van der Waals surface area contributed by atoms with Crippen LogP contribution in [0.15, 0.2) is 42.7 Å². The maximum absolute atomic E-state index is 12.8. The van der Waals surface area contributed by atoms with E-state index in [2.05, 4.69) is 22.4 Å². The van der Waals surface area contributed by atoms with Crippen molar-refractivity contribution in [1.82, 2.24) is 9.55 Å². The Bertz CT molecular complexity index is 718. The number of aromatic nitrogens is 2. The molecule has 2 bridgehead atoms. The fraction of sp³-hybridized carbons (Fsp3) is 0.500. The topological polar surface area (TPSA) is 72.9 Å². The maximum Gasteiger partial charge on any atom is 0.229 e. The van der Waals surface area contributed by atoms with Crippen molar-refractivity contribution in [1.29, 1.82) is 0 Å². The Balaban J connectivity index is 0.00000196. The second-order valence-corrected chi connectivity index (χ2v) is 7.55. The van der Waals surface area contributed by atoms with Crippen molar-refractivity contribution in [2.75, 3.05) is 5.32 Å². The van der Waals surface area contributed by atoms with Crippen LogP contribution in [0.2, 0.25) is 0 Å². The normalized spacial score (nSPS) is 27.4. The molecule has 5 nitrogen and oxygen atoms in total. The first kappa shape index (κ1) is 18.9. The van der Waals surface area contributed by atoms with Gasteiger partial charge >= 0.3 is 0 Å². The van der Waals surface area contributed by atoms with Gasteiger partial charge in [0.15, 0.2) is 0 Å². The van der Waals surface area contributed by atoms with Crippen LogP contribution in [0.25, 0.3) is 0 Å². The smallest absolute Gasteiger partial charge is 0.229 e. The molecule has 0 saturated heterocycles. The third-order valence-corrected chi connectivity index (χ3v) is 5.93. The van der Waals surface area contributed by atoms with Crippen molar-refractivity contribution >= 4 is 24.3 Å². The largest absolute Gasteiger partial charge is 0.327 e. The molecule has 0 spiro atoms. The Morgan fingerprint density at radius 3 is 2.58 bits per heavy atom. The van der Waals surface area contributed by atoms with Crippen molar-refractivity contribution in [2.45, 2.75) is 44.7 Å². The highest BCUT2D eigenvalue weighted by Gasteiger charge is 2.40. The zero-order chi connectivity index (χ0) is 17.2. The van der Waals surface area contributed by atoms with E-state index in [1.807, 2.05) is 29.0 Å². The van der Waals surface area contributed by atoms with E-state index in [1.54, 1.807) is 6.20 Å². The number of carbonyl (C=O) groups excluding carboxylic acids is 1. The highest BCUT2D eigenvalue weighted by atomic mass is 35.5. The molecule has 0 aliphatic heterocycles. The van der Waals surface area contributed by atoms with Crippen LogP contribution in [0.5, 0.6) is 0 Å². The molecule has 2 aliphatic carbocycles. The summed E-state index contributed by atoms with van der Waals surface area (Å²) in [6.07, 6.45) is 9.09. The van der Waals surface area contributed by atoms with Crippen molar-refractivity contribution in [2.24, 2.45) is 23.5 Å². The minimum Gasteiger partial charge on any atom is -0.327 e. The lowest BCUT2D eigenvalue weighted by Crippen LogP contribution is -2.48. The lowest BCUT2D eigenvalue weighted by molar-refractivity contribution is -0.122. The quantitative estimate of drug-likeness (QED) is 0.860. The van der Waals surface area contributed by atoms with Crippen LogP contribution in [0, 0.1) is 17.8 Å². The van der Waals surface area contributed by atoms with E-state index in [-0.39, 0.29) is 30.3 Å². The highest BCUT2D eigenvalue weighted by Crippen LogP contribution is 2.42. The number of nitrogens with two attached hydrogens (primary N) is 1. The molecule has 1 amide bonds. The molecule has 1 heterocycles. The third-order valence-electron chi connectivity index (χ3n) is 5.93. The number of fused-ring (bicyclic) bond motifs is 2. The summed E-state index contributed by atoms with van der Waals surface area (Å²) in [6.45, 7) is 0.706. The number of carbonyl (C=O) groups is 1. The van der Waals surface area contributed by atoms with E-state index in [0.717, 1.165) is 12.8 Å². The van der Waals surface area contributed by atoms with Gasteiger partial charge in [0.25, 0.3) is 0 Å². The Labute approximate surface area is 160 Å². The number of hydrogen-bond acceptors (Lipinski definition) is 3. The van der Waals surface area contributed by atoms with Crippen molar-refractivity contribution < 1.29 is 4.79 Å². The third kappa shape index (κ3) is 3.94. The first-order chi connectivity index (χ1) is 12.2. The fourth-order valence-corrected chi connectivity index (χ4v) is 4.56. The van der Waals surface area contributed by atoms with E-state index in [9.17, 15) is 4.79 Å². The molecule has 1 aromatic carbocycles. The molecule has 2 saturated carbocycles. The lowest BCUT2D eigenvalue weighted by Gasteiger charge is -2.43. The number of rotatable bonds is 4. The Kier molecular flexibility index (Phi) is 5.99. The molecule has 6 heteroatoms. The van der Waals surface area contributed by atoms with Gasteiger partial charge in [0.2, 0.25) is 11.9 Å². The van der Waals surface area contributed by atoms with Gasteiger partial charge < -0.3 is 10.3 Å². The number of benzene rings is 1. The molecule has 4 rings (SSSR count). The zero-order valence-electron chi connectivity index (χ0n) is 14.9. The standard InChI is InChI=1S/C20H26N4O.ClH/c21-18-15-7-4-8-16(18)12-17(11-15)19(25)23-20-22-9-10-24(20)13-14-5-2-1-3-6-14;/h1-3,5-6,9-10,15-18H,4,7-8,11-13,21H2,(H,22,23,25);1H. The Morgan fingerprint density at radius 1 is 1.19 bits per heavy atom. The Hall–Kier alpha value is -1.85. The lowest BCUT2D eigenvalue weighted by atomic mass is 9.65. The second kappa shape index (κ2) is 8.23. The van der Waals surface area contributed by atoms with E-state index < -0.39 is 0 Å². The molecule has 2 atom stereocenters. The zero-order valence-corrected chi connectivity index (χ0v) is 15.7. The fourth-order valence-electron chi connectivity index (χ4n) is 4.56. The summed E-state index contributed by atoms with van der Waals surface area (Å²) in [5.74, 6) is 1.81. The van der Waals surface area contributed by atoms with Gasteiger partial charge in [-0.3, -0.25) is 10.1 Å². The number of hydrogen-bond donors (Lipinski definition) is 2. The van der Waals surface area contributed by atoms with E-state index >= 15 is 0 Å². The van der Waals surface area contributed by atoms with Crippen LogP contribution in [-0.2, 0) is 11.3 Å². The number of amides is 1. The second-order valence-electron chi connectivity index (χ2n) is 7.55. The van der Waals surface area contributed by atoms with E-state index in [0.29, 0.717) is 24.3 Å². The summed E-state index contributed by atoms with van der Waals surface area (Å²) in [5, 5.41) is 3.06. The number of imidazole rings is 1. The summed E-state index contributed by atoms with van der Waals surface area (Å²) in [5.41, 5.74) is 7.53. The molecule has 26 heavy (non-hydrogen) atoms. The summed E-state index contributed by atoms with van der Waals surface area (Å²) in [7, 11) is 0. The van der Waals surface area contributed by atoms with Gasteiger partial charge in [-0.2, -0.15) is 0 Å². The van der Waals surface area contributed by atoms with Gasteiger partial charge in [0, 0.05) is 24.4 Å². The molecule has 2 aromatic rings. The van der Waals surface area contributed by atoms with Crippen LogP contribution in [0.1, 0.15) is 37.7 Å². The van der Waals surface area contributed by atoms with Gasteiger partial charge in [-0.25, -0.2) is 4.98 Å². The van der Waals surface area contributed by atoms with E-state index in [4.69, 9.17) is 5.73 Å². The molecule has 2 unspecified atom stereocenters. The van der Waals surface area contributed by atoms with Gasteiger partial charge in [0.1, 0.15) is 0 Å². The van der Waals surface area contributed by atoms with Crippen LogP contribution in [-0.4, -0.2) is 21.5 Å². The van der Waals surface area contributed by atoms with Crippen molar-refractivity contribution in [3.05, 3.63) is 48.3 Å². The average molecular weight is 375 g/mol. The van der Waals surface area contributed by atoms with Crippen LogP contribution in [0.4, 0.5) is 5.95 Å². The molecular weight excluding hydrogens is 348 g/mol. The molecule has 1 aromatic heterocycles. The average Bonchev–Trinajstić information content (AvgIpc) is 3.02. The monoisotopic (exact) mass is 374 g/mol. The number of nitrogens with one attached hydrogen (secondary N) is 1. The molecule has 2 fully saturated rings. The number of halogens is 1. The van der Waals surface area contributed by atoms with Crippen molar-refractivity contribution in [3.63, 3.8) is 0 Å². The molecule has 140 valence electrons. The van der Waals surface area contributed by atoms with E-state index in [1.165, 1.54) is 24.8 Å². The first-order valence-corrected chi connectivity index (χ1v) is 9.32. The maximum atomic E-state index is 12.8. The minimum atomic E-state index is 0. The summed E-state index contributed by atoms with van der Waals surface area (Å²) in [6, 6.07) is 10.5. The summed E-state index contributed by atoms with van der Waals surface area (Å²) in [4.78, 5) is 17.1. The SMILES string of the molecule is Cl.NC1C2CCCC1CC(C(=O)Nc1nccn1Cc1ccccc1)C2. The van der Waals surface area contributed by atoms with Crippen LogP contribution in [0.3, 0.4) is 0 Å². The number of nitrogens with zero attached hydrogens (tertiary/aromatic N) is 2.